The van der Waals surface area contributed by atoms with Crippen molar-refractivity contribution >= 4 is 13.8 Å². The van der Waals surface area contributed by atoms with E-state index >= 15 is 0 Å². The third kappa shape index (κ3) is 2.59. The second-order valence-electron chi connectivity index (χ2n) is 7.51. The summed E-state index contributed by atoms with van der Waals surface area (Å²) in [6.45, 7) is 13.3. The van der Waals surface area contributed by atoms with Gasteiger partial charge in [0.1, 0.15) is 11.5 Å². The zero-order valence-corrected chi connectivity index (χ0v) is 16.5. The predicted molar refractivity (Wildman–Crippen MR) is 98.2 cm³/mol. The summed E-state index contributed by atoms with van der Waals surface area (Å²) in [6.07, 6.45) is 1.81. The molecule has 0 aromatic heterocycles. The van der Waals surface area contributed by atoms with Crippen LogP contribution in [0.15, 0.2) is 29.2 Å². The number of phenols is 1. The highest BCUT2D eigenvalue weighted by molar-refractivity contribution is 6.84. The highest BCUT2D eigenvalue weighted by Crippen LogP contribution is 2.55. The highest BCUT2D eigenvalue weighted by Gasteiger charge is 2.49. The Kier molecular flexibility index (Phi) is 4.42. The molecule has 2 rings (SSSR count). The van der Waals surface area contributed by atoms with Crippen LogP contribution < -0.4 is 0 Å². The predicted octanol–water partition coefficient (Wildman–Crippen LogP) is 4.76. The van der Waals surface area contributed by atoms with Gasteiger partial charge in [-0.3, -0.25) is 0 Å². The average Bonchev–Trinajstić information content (AvgIpc) is 2.69. The van der Waals surface area contributed by atoms with Crippen molar-refractivity contribution < 1.29 is 14.6 Å². The molecule has 0 saturated carbocycles. The zero-order chi connectivity index (χ0) is 17.6. The zero-order valence-electron chi connectivity index (χ0n) is 15.5. The molecule has 0 bridgehead atoms. The third-order valence-corrected chi connectivity index (χ3v) is 7.08. The number of benzene rings is 1. The van der Waals surface area contributed by atoms with E-state index < -0.39 is 8.07 Å². The first-order valence-electron chi connectivity index (χ1n) is 7.92. The molecular formula is C19H28O3Si. The van der Waals surface area contributed by atoms with Gasteiger partial charge in [-0.2, -0.15) is 0 Å². The van der Waals surface area contributed by atoms with Gasteiger partial charge in [-0.05, 0) is 54.8 Å². The molecule has 1 N–H and O–H groups in total. The molecule has 1 aliphatic rings. The van der Waals surface area contributed by atoms with Crippen LogP contribution in [-0.2, 0) is 14.9 Å². The van der Waals surface area contributed by atoms with Crippen LogP contribution in [0.3, 0.4) is 0 Å². The summed E-state index contributed by atoms with van der Waals surface area (Å²) in [5.74, 6) is 1.27. The van der Waals surface area contributed by atoms with E-state index in [0.29, 0.717) is 5.75 Å². The van der Waals surface area contributed by atoms with Crippen LogP contribution in [0.2, 0.25) is 19.6 Å². The van der Waals surface area contributed by atoms with E-state index in [2.05, 4.69) is 33.5 Å². The fourth-order valence-corrected chi connectivity index (χ4v) is 6.69. The molecule has 0 spiro atoms. The Morgan fingerprint density at radius 3 is 2.30 bits per heavy atom. The van der Waals surface area contributed by atoms with Crippen LogP contribution in [-0.4, -0.2) is 27.4 Å². The molecular weight excluding hydrogens is 304 g/mol. The van der Waals surface area contributed by atoms with Crippen molar-refractivity contribution in [3.8, 4) is 5.75 Å². The second kappa shape index (κ2) is 5.75. The van der Waals surface area contributed by atoms with Gasteiger partial charge >= 0.3 is 0 Å². The van der Waals surface area contributed by atoms with Crippen LogP contribution in [0.4, 0.5) is 0 Å². The fourth-order valence-electron chi connectivity index (χ4n) is 3.95. The molecule has 4 heteroatoms. The first kappa shape index (κ1) is 17.7. The molecule has 0 heterocycles. The number of hydrogen-bond acceptors (Lipinski definition) is 3. The smallest absolute Gasteiger partial charge is 0.123 e. The lowest BCUT2D eigenvalue weighted by atomic mass is 9.78. The Balaban J connectivity index is 2.95. The monoisotopic (exact) mass is 332 g/mol. The van der Waals surface area contributed by atoms with Gasteiger partial charge in [0.15, 0.2) is 0 Å². The van der Waals surface area contributed by atoms with Crippen molar-refractivity contribution in [1.82, 2.24) is 0 Å². The molecule has 0 fully saturated rings. The number of hydrogen-bond donors (Lipinski definition) is 1. The molecule has 1 aromatic carbocycles. The minimum atomic E-state index is -1.70. The summed E-state index contributed by atoms with van der Waals surface area (Å²) in [5.41, 5.74) is 4.08. The molecule has 3 nitrogen and oxygen atoms in total. The second-order valence-corrected chi connectivity index (χ2v) is 12.5. The minimum Gasteiger partial charge on any atom is -0.508 e. The number of aryl methyl sites for hydroxylation is 1. The summed E-state index contributed by atoms with van der Waals surface area (Å²) in [7, 11) is 1.72. The maximum atomic E-state index is 10.2. The summed E-state index contributed by atoms with van der Waals surface area (Å²) in [4.78, 5) is 0. The first-order valence-corrected chi connectivity index (χ1v) is 11.4. The lowest BCUT2D eigenvalue weighted by Crippen LogP contribution is -2.38. The van der Waals surface area contributed by atoms with Gasteiger partial charge in [0, 0.05) is 11.0 Å². The van der Waals surface area contributed by atoms with Crippen molar-refractivity contribution in [2.45, 2.75) is 45.8 Å². The molecule has 0 aliphatic heterocycles. The van der Waals surface area contributed by atoms with E-state index in [9.17, 15) is 5.11 Å². The Hall–Kier alpha value is -1.68. The van der Waals surface area contributed by atoms with Gasteiger partial charge < -0.3 is 14.6 Å². The normalized spacial score (nSPS) is 21.5. The lowest BCUT2D eigenvalue weighted by molar-refractivity contribution is 0.328. The molecule has 1 aromatic rings. The maximum Gasteiger partial charge on any atom is 0.123 e. The molecule has 1 aliphatic carbocycles. The number of methoxy groups -OCH3 is 2. The Morgan fingerprint density at radius 2 is 1.83 bits per heavy atom. The number of aromatic hydroxyl groups is 1. The van der Waals surface area contributed by atoms with Crippen LogP contribution in [0.1, 0.15) is 30.5 Å². The highest BCUT2D eigenvalue weighted by atomic mass is 28.3. The van der Waals surface area contributed by atoms with Crippen LogP contribution >= 0.6 is 0 Å². The Morgan fingerprint density at radius 1 is 1.22 bits per heavy atom. The fraction of sp³-hybridized carbons (Fsp3) is 0.474. The van der Waals surface area contributed by atoms with Crippen molar-refractivity contribution in [1.29, 1.82) is 0 Å². The molecule has 0 radical (unpaired) electrons. The topological polar surface area (TPSA) is 38.7 Å². The van der Waals surface area contributed by atoms with Crippen LogP contribution in [0.25, 0.3) is 5.76 Å². The van der Waals surface area contributed by atoms with Gasteiger partial charge in [0.25, 0.3) is 0 Å². The lowest BCUT2D eigenvalue weighted by Gasteiger charge is -2.36. The molecule has 126 valence electrons. The average molecular weight is 333 g/mol. The van der Waals surface area contributed by atoms with E-state index in [0.717, 1.165) is 28.0 Å². The van der Waals surface area contributed by atoms with Gasteiger partial charge in [-0.1, -0.05) is 19.6 Å². The molecule has 0 saturated heterocycles. The van der Waals surface area contributed by atoms with E-state index in [1.54, 1.807) is 20.3 Å². The van der Waals surface area contributed by atoms with Crippen molar-refractivity contribution in [3.05, 3.63) is 45.9 Å². The standard InChI is InChI=1S/C19H28O3Si/c1-12-9-14(20)10-15-16(12)17(22-5)18(23(6,7)8)19(15,3)13(2)11-21-4/h9-11,20H,1-8H3/b13-11+. The Bertz CT molecular complexity index is 695. The minimum absolute atomic E-state index is 0.296. The molecule has 23 heavy (non-hydrogen) atoms. The van der Waals surface area contributed by atoms with Crippen LogP contribution in [0.5, 0.6) is 5.75 Å². The van der Waals surface area contributed by atoms with Crippen LogP contribution in [0, 0.1) is 6.92 Å². The summed E-state index contributed by atoms with van der Waals surface area (Å²) in [6, 6.07) is 3.68. The number of rotatable bonds is 4. The number of fused-ring (bicyclic) bond motifs is 1. The van der Waals surface area contributed by atoms with E-state index in [-0.39, 0.29) is 5.41 Å². The first-order chi connectivity index (χ1) is 10.6. The van der Waals surface area contributed by atoms with E-state index in [4.69, 9.17) is 9.47 Å². The number of ether oxygens (including phenoxy) is 2. The van der Waals surface area contributed by atoms with Gasteiger partial charge in [-0.25, -0.2) is 0 Å². The Labute approximate surface area is 140 Å². The molecule has 0 amide bonds. The summed E-state index contributed by atoms with van der Waals surface area (Å²) < 4.78 is 11.2. The quantitative estimate of drug-likeness (QED) is 0.638. The number of allylic oxidation sites excluding steroid dienone is 2. The van der Waals surface area contributed by atoms with E-state index in [1.165, 1.54) is 5.20 Å². The summed E-state index contributed by atoms with van der Waals surface area (Å²) in [5, 5.41) is 11.5. The van der Waals surface area contributed by atoms with Crippen molar-refractivity contribution in [2.24, 2.45) is 0 Å². The maximum absolute atomic E-state index is 10.2. The van der Waals surface area contributed by atoms with Crippen molar-refractivity contribution in [2.75, 3.05) is 14.2 Å². The van der Waals surface area contributed by atoms with Crippen molar-refractivity contribution in [3.63, 3.8) is 0 Å². The van der Waals surface area contributed by atoms with Gasteiger partial charge in [0.05, 0.1) is 28.6 Å². The molecule has 1 unspecified atom stereocenters. The molecule has 1 atom stereocenters. The SMILES string of the molecule is CO/C=C(\C)C1(C)C([Si](C)(C)C)=C(OC)c2c(C)cc(O)cc21. The van der Waals surface area contributed by atoms with Gasteiger partial charge in [-0.15, -0.1) is 0 Å². The number of phenolic OH excluding ortho intramolecular Hbond substituents is 1. The van der Waals surface area contributed by atoms with Gasteiger partial charge in [0.2, 0.25) is 0 Å². The summed E-state index contributed by atoms with van der Waals surface area (Å²) >= 11 is 0. The largest absolute Gasteiger partial charge is 0.508 e. The van der Waals surface area contributed by atoms with E-state index in [1.807, 2.05) is 19.3 Å². The third-order valence-electron chi connectivity index (χ3n) is 4.85.